The fraction of sp³-hybridized carbons (Fsp3) is 0.462. The first kappa shape index (κ1) is 11.5. The summed E-state index contributed by atoms with van der Waals surface area (Å²) in [6, 6.07) is 8.71. The molecule has 1 aromatic carbocycles. The molecule has 3 nitrogen and oxygen atoms in total. The van der Waals surface area contributed by atoms with E-state index >= 15 is 0 Å². The largest absolute Gasteiger partial charge is 0.310 e. The Morgan fingerprint density at radius 2 is 2.00 bits per heavy atom. The number of halogens is 1. The van der Waals surface area contributed by atoms with E-state index in [0.29, 0.717) is 6.04 Å². The van der Waals surface area contributed by atoms with Crippen molar-refractivity contribution in [3.8, 4) is 0 Å². The normalized spacial score (nSPS) is 24.4. The molecule has 1 heterocycles. The fourth-order valence-corrected chi connectivity index (χ4v) is 2.96. The molecule has 17 heavy (non-hydrogen) atoms. The summed E-state index contributed by atoms with van der Waals surface area (Å²) in [5, 5.41) is 3.43. The van der Waals surface area contributed by atoms with Gasteiger partial charge in [-0.2, -0.15) is 0 Å². The smallest absolute Gasteiger partial charge is 0.244 e. The monoisotopic (exact) mass is 342 g/mol. The van der Waals surface area contributed by atoms with Crippen molar-refractivity contribution in [1.82, 2.24) is 5.32 Å². The van der Waals surface area contributed by atoms with E-state index in [0.717, 1.165) is 22.2 Å². The molecule has 3 rings (SSSR count). The van der Waals surface area contributed by atoms with Gasteiger partial charge in [-0.25, -0.2) is 0 Å². The van der Waals surface area contributed by atoms with E-state index in [1.807, 2.05) is 29.2 Å². The lowest BCUT2D eigenvalue weighted by atomic mass is 10.2. The van der Waals surface area contributed by atoms with E-state index in [1.165, 1.54) is 12.8 Å². The van der Waals surface area contributed by atoms with Crippen LogP contribution in [0.15, 0.2) is 24.3 Å². The van der Waals surface area contributed by atoms with Crippen LogP contribution in [0.1, 0.15) is 19.3 Å². The van der Waals surface area contributed by atoms with Crippen molar-refractivity contribution in [2.45, 2.75) is 31.3 Å². The molecule has 2 fully saturated rings. The number of hydrogen-bond donors (Lipinski definition) is 1. The lowest BCUT2D eigenvalue weighted by Crippen LogP contribution is -2.39. The molecule has 1 N–H and O–H groups in total. The van der Waals surface area contributed by atoms with Crippen molar-refractivity contribution in [3.05, 3.63) is 27.8 Å². The van der Waals surface area contributed by atoms with Crippen LogP contribution in [0.25, 0.3) is 0 Å². The second-order valence-electron chi connectivity index (χ2n) is 4.72. The van der Waals surface area contributed by atoms with E-state index in [2.05, 4.69) is 27.9 Å². The maximum atomic E-state index is 12.3. The van der Waals surface area contributed by atoms with Crippen LogP contribution < -0.4 is 10.2 Å². The summed E-state index contributed by atoms with van der Waals surface area (Å²) < 4.78 is 1.14. The zero-order chi connectivity index (χ0) is 11.8. The number of nitrogens with one attached hydrogen (secondary N) is 1. The van der Waals surface area contributed by atoms with Crippen LogP contribution in [-0.2, 0) is 4.79 Å². The summed E-state index contributed by atoms with van der Waals surface area (Å²) in [6.07, 6.45) is 3.39. The van der Waals surface area contributed by atoms with Crippen LogP contribution in [0.4, 0.5) is 5.69 Å². The van der Waals surface area contributed by atoms with Crippen LogP contribution in [-0.4, -0.2) is 24.5 Å². The molecule has 2 aliphatic rings. The molecule has 1 atom stereocenters. The van der Waals surface area contributed by atoms with E-state index in [-0.39, 0.29) is 11.9 Å². The molecule has 90 valence electrons. The first-order valence-corrected chi connectivity index (χ1v) is 7.15. The minimum Gasteiger partial charge on any atom is -0.310 e. The van der Waals surface area contributed by atoms with E-state index in [9.17, 15) is 4.79 Å². The van der Waals surface area contributed by atoms with Gasteiger partial charge in [-0.1, -0.05) is 12.1 Å². The SMILES string of the molecule is O=C1C(NC2CC2)CCN1c1ccccc1I. The zero-order valence-electron chi connectivity index (χ0n) is 9.53. The van der Waals surface area contributed by atoms with Crippen molar-refractivity contribution in [3.63, 3.8) is 0 Å². The van der Waals surface area contributed by atoms with E-state index < -0.39 is 0 Å². The minimum atomic E-state index is 0.0403. The van der Waals surface area contributed by atoms with Crippen molar-refractivity contribution < 1.29 is 4.79 Å². The standard InChI is InChI=1S/C13H15IN2O/c14-10-3-1-2-4-12(10)16-8-7-11(13(16)17)15-9-5-6-9/h1-4,9,11,15H,5-8H2. The zero-order valence-corrected chi connectivity index (χ0v) is 11.7. The molecule has 1 amide bonds. The third-order valence-electron chi connectivity index (χ3n) is 3.36. The lowest BCUT2D eigenvalue weighted by Gasteiger charge is -2.18. The Morgan fingerprint density at radius 3 is 2.71 bits per heavy atom. The van der Waals surface area contributed by atoms with Gasteiger partial charge in [0.05, 0.1) is 11.7 Å². The molecule has 1 aliphatic carbocycles. The quantitative estimate of drug-likeness (QED) is 0.854. The molecule has 1 unspecified atom stereocenters. The number of hydrogen-bond acceptors (Lipinski definition) is 2. The molecule has 1 saturated heterocycles. The third-order valence-corrected chi connectivity index (χ3v) is 4.28. The molecule has 0 spiro atoms. The summed E-state index contributed by atoms with van der Waals surface area (Å²) in [5.41, 5.74) is 1.05. The van der Waals surface area contributed by atoms with Gasteiger partial charge in [0.15, 0.2) is 0 Å². The molecule has 1 saturated carbocycles. The van der Waals surface area contributed by atoms with Crippen molar-refractivity contribution in [2.24, 2.45) is 0 Å². The van der Waals surface area contributed by atoms with E-state index in [1.54, 1.807) is 0 Å². The number of anilines is 1. The summed E-state index contributed by atoms with van der Waals surface area (Å²) in [4.78, 5) is 14.2. The molecule has 0 radical (unpaired) electrons. The summed E-state index contributed by atoms with van der Waals surface area (Å²) in [7, 11) is 0. The van der Waals surface area contributed by atoms with Crippen molar-refractivity contribution >= 4 is 34.2 Å². The summed E-state index contributed by atoms with van der Waals surface area (Å²) >= 11 is 2.29. The average molecular weight is 342 g/mol. The van der Waals surface area contributed by atoms with Crippen LogP contribution >= 0.6 is 22.6 Å². The van der Waals surface area contributed by atoms with E-state index in [4.69, 9.17) is 0 Å². The van der Waals surface area contributed by atoms with Crippen LogP contribution in [0.2, 0.25) is 0 Å². The number of para-hydroxylation sites is 1. The highest BCUT2D eigenvalue weighted by molar-refractivity contribution is 14.1. The number of carbonyl (C=O) groups is 1. The van der Waals surface area contributed by atoms with Crippen molar-refractivity contribution in [2.75, 3.05) is 11.4 Å². The van der Waals surface area contributed by atoms with Gasteiger partial charge in [0.2, 0.25) is 5.91 Å². The number of amides is 1. The predicted octanol–water partition coefficient (Wildman–Crippen LogP) is 2.15. The van der Waals surface area contributed by atoms with Gasteiger partial charge in [-0.05, 0) is 54.0 Å². The Morgan fingerprint density at radius 1 is 1.24 bits per heavy atom. The topological polar surface area (TPSA) is 32.3 Å². The molecule has 1 aromatic rings. The molecule has 1 aliphatic heterocycles. The number of benzene rings is 1. The highest BCUT2D eigenvalue weighted by atomic mass is 127. The number of rotatable bonds is 3. The van der Waals surface area contributed by atoms with Crippen LogP contribution in [0.5, 0.6) is 0 Å². The lowest BCUT2D eigenvalue weighted by molar-refractivity contribution is -0.118. The maximum absolute atomic E-state index is 12.3. The summed E-state index contributed by atoms with van der Waals surface area (Å²) in [6.45, 7) is 0.837. The second kappa shape index (κ2) is 4.57. The first-order chi connectivity index (χ1) is 8.25. The Balaban J connectivity index is 1.76. The average Bonchev–Trinajstić information content (AvgIpc) is 3.07. The highest BCUT2D eigenvalue weighted by Crippen LogP contribution is 2.28. The Kier molecular flexibility index (Phi) is 3.08. The molecular weight excluding hydrogens is 327 g/mol. The van der Waals surface area contributed by atoms with Crippen LogP contribution in [0.3, 0.4) is 0 Å². The van der Waals surface area contributed by atoms with Gasteiger partial charge in [0.25, 0.3) is 0 Å². The first-order valence-electron chi connectivity index (χ1n) is 6.07. The van der Waals surface area contributed by atoms with Crippen LogP contribution in [0, 0.1) is 3.57 Å². The van der Waals surface area contributed by atoms with Gasteiger partial charge in [0.1, 0.15) is 0 Å². The second-order valence-corrected chi connectivity index (χ2v) is 5.89. The highest BCUT2D eigenvalue weighted by Gasteiger charge is 2.36. The van der Waals surface area contributed by atoms with Gasteiger partial charge in [-0.3, -0.25) is 4.79 Å². The van der Waals surface area contributed by atoms with Gasteiger partial charge in [-0.15, -0.1) is 0 Å². The Hall–Kier alpha value is -0.620. The molecule has 0 bridgehead atoms. The van der Waals surface area contributed by atoms with Gasteiger partial charge >= 0.3 is 0 Å². The Labute approximate surface area is 115 Å². The fourth-order valence-electron chi connectivity index (χ4n) is 2.28. The molecule has 0 aromatic heterocycles. The summed E-state index contributed by atoms with van der Waals surface area (Å²) in [5.74, 6) is 0.237. The van der Waals surface area contributed by atoms with Gasteiger partial charge < -0.3 is 10.2 Å². The predicted molar refractivity (Wildman–Crippen MR) is 76.1 cm³/mol. The molecule has 4 heteroatoms. The molecular formula is C13H15IN2O. The van der Waals surface area contributed by atoms with Gasteiger partial charge in [0, 0.05) is 16.2 Å². The maximum Gasteiger partial charge on any atom is 0.244 e. The minimum absolute atomic E-state index is 0.0403. The van der Waals surface area contributed by atoms with Crippen molar-refractivity contribution in [1.29, 1.82) is 0 Å². The number of carbonyl (C=O) groups excluding carboxylic acids is 1. The Bertz CT molecular complexity index is 445. The number of nitrogens with zero attached hydrogens (tertiary/aromatic N) is 1. The third kappa shape index (κ3) is 2.33.